The third-order valence-corrected chi connectivity index (χ3v) is 5.50. The quantitative estimate of drug-likeness (QED) is 0.490. The molecule has 0 aliphatic carbocycles. The number of nitrogens with one attached hydrogen (secondary N) is 1. The lowest BCUT2D eigenvalue weighted by Crippen LogP contribution is -2.48. The minimum absolute atomic E-state index is 0.0324. The summed E-state index contributed by atoms with van der Waals surface area (Å²) >= 11 is 0. The van der Waals surface area contributed by atoms with Crippen LogP contribution in [-0.4, -0.2) is 91.0 Å². The van der Waals surface area contributed by atoms with Crippen molar-refractivity contribution in [2.24, 2.45) is 4.99 Å². The van der Waals surface area contributed by atoms with E-state index in [1.165, 1.54) is 0 Å². The SMILES string of the molecule is CCNC(=NCc1ccc(C(=O)N2CC(C)OC(C)C2)cc1)N(C)CC(=O)N(CC)CC. The monoisotopic (exact) mass is 445 g/mol. The second-order valence-corrected chi connectivity index (χ2v) is 8.26. The average Bonchev–Trinajstić information content (AvgIpc) is 2.76. The molecule has 2 unspecified atom stereocenters. The van der Waals surface area contributed by atoms with E-state index >= 15 is 0 Å². The minimum Gasteiger partial charge on any atom is -0.372 e. The van der Waals surface area contributed by atoms with Crippen molar-refractivity contribution in [3.8, 4) is 0 Å². The standard InChI is InChI=1S/C24H39N5O3/c1-7-25-24(27(6)17-22(30)28(8-2)9-3)26-14-20-10-12-21(13-11-20)23(31)29-15-18(4)32-19(5)16-29/h10-13,18-19H,7-9,14-17H2,1-6H3,(H,25,26). The molecule has 8 nitrogen and oxygen atoms in total. The highest BCUT2D eigenvalue weighted by atomic mass is 16.5. The molecule has 1 heterocycles. The van der Waals surface area contributed by atoms with E-state index in [0.717, 1.165) is 5.56 Å². The molecule has 0 saturated carbocycles. The zero-order chi connectivity index (χ0) is 23.7. The Bertz CT molecular complexity index is 766. The Labute approximate surface area is 192 Å². The summed E-state index contributed by atoms with van der Waals surface area (Å²) in [5.41, 5.74) is 1.68. The average molecular weight is 446 g/mol. The van der Waals surface area contributed by atoms with Gasteiger partial charge in [-0.1, -0.05) is 12.1 Å². The van der Waals surface area contributed by atoms with Gasteiger partial charge in [0.25, 0.3) is 5.91 Å². The number of likely N-dealkylation sites (N-methyl/N-ethyl adjacent to an activating group) is 2. The third-order valence-electron chi connectivity index (χ3n) is 5.50. The molecule has 32 heavy (non-hydrogen) atoms. The van der Waals surface area contributed by atoms with E-state index in [1.54, 1.807) is 0 Å². The molecule has 1 saturated heterocycles. The predicted octanol–water partition coefficient (Wildman–Crippen LogP) is 2.20. The van der Waals surface area contributed by atoms with Gasteiger partial charge in [-0.05, 0) is 52.3 Å². The van der Waals surface area contributed by atoms with Crippen molar-refractivity contribution in [1.29, 1.82) is 0 Å². The summed E-state index contributed by atoms with van der Waals surface area (Å²) in [5, 5.41) is 3.25. The number of ether oxygens (including phenoxy) is 1. The largest absolute Gasteiger partial charge is 0.372 e. The Morgan fingerprint density at radius 3 is 2.22 bits per heavy atom. The van der Waals surface area contributed by atoms with E-state index in [9.17, 15) is 9.59 Å². The number of morpholine rings is 1. The van der Waals surface area contributed by atoms with Crippen LogP contribution in [0, 0.1) is 0 Å². The normalized spacial score (nSPS) is 18.9. The van der Waals surface area contributed by atoms with Gasteiger partial charge < -0.3 is 24.8 Å². The van der Waals surface area contributed by atoms with Crippen molar-refractivity contribution in [2.75, 3.05) is 46.3 Å². The van der Waals surface area contributed by atoms with E-state index in [-0.39, 0.29) is 30.6 Å². The fourth-order valence-corrected chi connectivity index (χ4v) is 3.87. The third kappa shape index (κ3) is 7.22. The van der Waals surface area contributed by atoms with Gasteiger partial charge in [0.15, 0.2) is 5.96 Å². The van der Waals surface area contributed by atoms with Crippen molar-refractivity contribution in [2.45, 2.75) is 53.4 Å². The zero-order valence-electron chi connectivity index (χ0n) is 20.4. The molecule has 0 bridgehead atoms. The number of carbonyl (C=O) groups excluding carboxylic acids is 2. The van der Waals surface area contributed by atoms with Crippen LogP contribution in [0.3, 0.4) is 0 Å². The molecule has 2 atom stereocenters. The van der Waals surface area contributed by atoms with E-state index in [4.69, 9.17) is 4.74 Å². The van der Waals surface area contributed by atoms with Crippen LogP contribution in [0.4, 0.5) is 0 Å². The molecule has 178 valence electrons. The molecular formula is C24H39N5O3. The van der Waals surface area contributed by atoms with Gasteiger partial charge in [-0.3, -0.25) is 9.59 Å². The Kier molecular flexibility index (Phi) is 9.97. The molecular weight excluding hydrogens is 406 g/mol. The highest BCUT2D eigenvalue weighted by Gasteiger charge is 2.26. The number of carbonyl (C=O) groups is 2. The molecule has 0 aromatic heterocycles. The van der Waals surface area contributed by atoms with Gasteiger partial charge in [0.05, 0.1) is 25.3 Å². The number of aliphatic imine (C=N–C) groups is 1. The molecule has 2 amide bonds. The van der Waals surface area contributed by atoms with Gasteiger partial charge in [0.1, 0.15) is 0 Å². The number of hydrogen-bond donors (Lipinski definition) is 1. The summed E-state index contributed by atoms with van der Waals surface area (Å²) in [6.45, 7) is 14.0. The topological polar surface area (TPSA) is 77.5 Å². The summed E-state index contributed by atoms with van der Waals surface area (Å²) in [6.07, 6.45) is 0.0952. The maximum atomic E-state index is 12.8. The van der Waals surface area contributed by atoms with Crippen molar-refractivity contribution >= 4 is 17.8 Å². The summed E-state index contributed by atoms with van der Waals surface area (Å²) in [4.78, 5) is 35.5. The van der Waals surface area contributed by atoms with Gasteiger partial charge in [-0.15, -0.1) is 0 Å². The fraction of sp³-hybridized carbons (Fsp3) is 0.625. The van der Waals surface area contributed by atoms with Crippen molar-refractivity contribution in [1.82, 2.24) is 20.0 Å². The van der Waals surface area contributed by atoms with Crippen LogP contribution in [-0.2, 0) is 16.1 Å². The van der Waals surface area contributed by atoms with Crippen LogP contribution < -0.4 is 5.32 Å². The summed E-state index contributed by atoms with van der Waals surface area (Å²) in [7, 11) is 1.87. The molecule has 1 aromatic rings. The highest BCUT2D eigenvalue weighted by molar-refractivity contribution is 5.94. The highest BCUT2D eigenvalue weighted by Crippen LogP contribution is 2.15. The van der Waals surface area contributed by atoms with Crippen LogP contribution in [0.15, 0.2) is 29.3 Å². The first-order chi connectivity index (χ1) is 15.3. The van der Waals surface area contributed by atoms with Crippen LogP contribution in [0.5, 0.6) is 0 Å². The summed E-state index contributed by atoms with van der Waals surface area (Å²) in [6, 6.07) is 7.60. The van der Waals surface area contributed by atoms with E-state index in [2.05, 4.69) is 10.3 Å². The number of rotatable bonds is 8. The van der Waals surface area contributed by atoms with Crippen LogP contribution in [0.1, 0.15) is 50.5 Å². The van der Waals surface area contributed by atoms with Gasteiger partial charge in [0.2, 0.25) is 5.91 Å². The molecule has 2 rings (SSSR count). The molecule has 1 aliphatic rings. The molecule has 0 spiro atoms. The van der Waals surface area contributed by atoms with Gasteiger partial charge in [0, 0.05) is 45.3 Å². The van der Waals surface area contributed by atoms with Crippen LogP contribution in [0.25, 0.3) is 0 Å². The van der Waals surface area contributed by atoms with Gasteiger partial charge in [-0.2, -0.15) is 0 Å². The molecule has 1 N–H and O–H groups in total. The van der Waals surface area contributed by atoms with Crippen molar-refractivity contribution in [3.63, 3.8) is 0 Å². The molecule has 1 fully saturated rings. The summed E-state index contributed by atoms with van der Waals surface area (Å²) < 4.78 is 5.72. The smallest absolute Gasteiger partial charge is 0.254 e. The van der Waals surface area contributed by atoms with Crippen LogP contribution >= 0.6 is 0 Å². The maximum Gasteiger partial charge on any atom is 0.254 e. The van der Waals surface area contributed by atoms with E-state index in [1.807, 2.05) is 80.6 Å². The molecule has 1 aliphatic heterocycles. The van der Waals surface area contributed by atoms with Crippen molar-refractivity contribution < 1.29 is 14.3 Å². The fourth-order valence-electron chi connectivity index (χ4n) is 3.87. The van der Waals surface area contributed by atoms with E-state index < -0.39 is 0 Å². The van der Waals surface area contributed by atoms with Gasteiger partial charge >= 0.3 is 0 Å². The number of amides is 2. The number of benzene rings is 1. The van der Waals surface area contributed by atoms with Crippen molar-refractivity contribution in [3.05, 3.63) is 35.4 Å². The number of hydrogen-bond acceptors (Lipinski definition) is 4. The lowest BCUT2D eigenvalue weighted by Gasteiger charge is -2.35. The zero-order valence-corrected chi connectivity index (χ0v) is 20.4. The minimum atomic E-state index is 0.0324. The first kappa shape index (κ1) is 25.6. The second kappa shape index (κ2) is 12.4. The first-order valence-electron chi connectivity index (χ1n) is 11.6. The molecule has 1 aromatic carbocycles. The van der Waals surface area contributed by atoms with E-state index in [0.29, 0.717) is 50.8 Å². The summed E-state index contributed by atoms with van der Waals surface area (Å²) in [5.74, 6) is 0.798. The Hall–Kier alpha value is -2.61. The lowest BCUT2D eigenvalue weighted by molar-refractivity contribution is -0.131. The Morgan fingerprint density at radius 2 is 1.69 bits per heavy atom. The predicted molar refractivity (Wildman–Crippen MR) is 128 cm³/mol. The molecule has 0 radical (unpaired) electrons. The number of guanidine groups is 1. The molecule has 8 heteroatoms. The maximum absolute atomic E-state index is 12.8. The first-order valence-corrected chi connectivity index (χ1v) is 11.6. The van der Waals surface area contributed by atoms with Gasteiger partial charge in [-0.25, -0.2) is 4.99 Å². The lowest BCUT2D eigenvalue weighted by atomic mass is 10.1. The van der Waals surface area contributed by atoms with Crippen LogP contribution in [0.2, 0.25) is 0 Å². The Balaban J connectivity index is 2.02. The number of nitrogens with zero attached hydrogens (tertiary/aromatic N) is 4. The Morgan fingerprint density at radius 1 is 1.09 bits per heavy atom. The second-order valence-electron chi connectivity index (χ2n) is 8.26.